The van der Waals surface area contributed by atoms with E-state index in [4.69, 9.17) is 0 Å². The van der Waals surface area contributed by atoms with Gasteiger partial charge in [-0.25, -0.2) is 0 Å². The van der Waals surface area contributed by atoms with Crippen molar-refractivity contribution in [2.75, 3.05) is 5.32 Å². The molecule has 2 N–H and O–H groups in total. The Morgan fingerprint density at radius 1 is 1.05 bits per heavy atom. The van der Waals surface area contributed by atoms with Crippen molar-refractivity contribution in [3.05, 3.63) is 52.7 Å². The van der Waals surface area contributed by atoms with Gasteiger partial charge in [0.15, 0.2) is 0 Å². The first-order valence-corrected chi connectivity index (χ1v) is 7.66. The van der Waals surface area contributed by atoms with Gasteiger partial charge in [0, 0.05) is 5.69 Å². The van der Waals surface area contributed by atoms with Crippen molar-refractivity contribution in [2.45, 2.75) is 19.9 Å². The maximum Gasteiger partial charge on any atom is 0.262 e. The second-order valence-corrected chi connectivity index (χ2v) is 5.98. The lowest BCUT2D eigenvalue weighted by Gasteiger charge is -2.21. The lowest BCUT2D eigenvalue weighted by Crippen LogP contribution is -2.46. The topological polar surface area (TPSA) is 58.2 Å². The molecule has 0 bridgehead atoms. The van der Waals surface area contributed by atoms with Gasteiger partial charge in [0.1, 0.15) is 6.04 Å². The molecule has 1 aromatic heterocycles. The Morgan fingerprint density at radius 2 is 1.76 bits per heavy atom. The van der Waals surface area contributed by atoms with Gasteiger partial charge in [-0.15, -0.1) is 11.3 Å². The molecular weight excluding hydrogens is 284 g/mol. The van der Waals surface area contributed by atoms with Gasteiger partial charge in [0.05, 0.1) is 4.88 Å². The van der Waals surface area contributed by atoms with Crippen LogP contribution >= 0.6 is 11.3 Å². The molecule has 0 saturated heterocycles. The third kappa shape index (κ3) is 4.16. The highest BCUT2D eigenvalue weighted by Gasteiger charge is 2.25. The van der Waals surface area contributed by atoms with Gasteiger partial charge < -0.3 is 10.6 Å². The van der Waals surface area contributed by atoms with E-state index in [1.54, 1.807) is 6.07 Å². The highest BCUT2D eigenvalue weighted by Crippen LogP contribution is 2.12. The number of anilines is 1. The van der Waals surface area contributed by atoms with E-state index in [2.05, 4.69) is 10.6 Å². The fraction of sp³-hybridized carbons (Fsp3) is 0.250. The molecule has 2 aromatic rings. The molecule has 110 valence electrons. The molecule has 4 nitrogen and oxygen atoms in total. The van der Waals surface area contributed by atoms with E-state index in [0.29, 0.717) is 4.88 Å². The number of thiophene rings is 1. The van der Waals surface area contributed by atoms with Crippen molar-refractivity contribution in [2.24, 2.45) is 5.92 Å². The SMILES string of the molecule is CC(C)C(NC(=O)c1cccs1)C(=O)Nc1ccccc1. The Labute approximate surface area is 128 Å². The molecule has 1 heterocycles. The van der Waals surface area contributed by atoms with Crippen molar-refractivity contribution in [3.63, 3.8) is 0 Å². The minimum absolute atomic E-state index is 0.00220. The zero-order valence-electron chi connectivity index (χ0n) is 12.0. The summed E-state index contributed by atoms with van der Waals surface area (Å²) in [6.07, 6.45) is 0. The molecule has 2 rings (SSSR count). The van der Waals surface area contributed by atoms with Gasteiger partial charge in [-0.05, 0) is 29.5 Å². The van der Waals surface area contributed by atoms with Crippen LogP contribution in [0.2, 0.25) is 0 Å². The third-order valence-corrected chi connectivity index (χ3v) is 3.89. The highest BCUT2D eigenvalue weighted by molar-refractivity contribution is 7.12. The monoisotopic (exact) mass is 302 g/mol. The molecular formula is C16H18N2O2S. The average molecular weight is 302 g/mol. The minimum Gasteiger partial charge on any atom is -0.339 e. The number of para-hydroxylation sites is 1. The van der Waals surface area contributed by atoms with Gasteiger partial charge in [-0.2, -0.15) is 0 Å². The van der Waals surface area contributed by atoms with E-state index >= 15 is 0 Å². The predicted molar refractivity (Wildman–Crippen MR) is 85.5 cm³/mol. The predicted octanol–water partition coefficient (Wildman–Crippen LogP) is 3.14. The van der Waals surface area contributed by atoms with E-state index in [-0.39, 0.29) is 17.7 Å². The average Bonchev–Trinajstić information content (AvgIpc) is 2.99. The molecule has 5 heteroatoms. The summed E-state index contributed by atoms with van der Waals surface area (Å²) in [4.78, 5) is 25.0. The number of amides is 2. The zero-order chi connectivity index (χ0) is 15.2. The Morgan fingerprint density at radius 3 is 2.33 bits per heavy atom. The van der Waals surface area contributed by atoms with Gasteiger partial charge in [0.25, 0.3) is 5.91 Å². The number of benzene rings is 1. The largest absolute Gasteiger partial charge is 0.339 e. The normalized spacial score (nSPS) is 12.0. The lowest BCUT2D eigenvalue weighted by atomic mass is 10.0. The number of nitrogens with one attached hydrogen (secondary N) is 2. The second-order valence-electron chi connectivity index (χ2n) is 5.03. The molecule has 1 atom stereocenters. The standard InChI is InChI=1S/C16H18N2O2S/c1-11(2)14(18-15(19)13-9-6-10-21-13)16(20)17-12-7-4-3-5-8-12/h3-11,14H,1-2H3,(H,17,20)(H,18,19). The summed E-state index contributed by atoms with van der Waals surface area (Å²) in [5.74, 6) is -0.425. The van der Waals surface area contributed by atoms with Crippen molar-refractivity contribution in [3.8, 4) is 0 Å². The van der Waals surface area contributed by atoms with E-state index in [1.165, 1.54) is 11.3 Å². The zero-order valence-corrected chi connectivity index (χ0v) is 12.8. The van der Waals surface area contributed by atoms with Crippen LogP contribution in [0.4, 0.5) is 5.69 Å². The number of rotatable bonds is 5. The lowest BCUT2D eigenvalue weighted by molar-refractivity contribution is -0.118. The second kappa shape index (κ2) is 7.04. The van der Waals surface area contributed by atoms with E-state index in [9.17, 15) is 9.59 Å². The Hall–Kier alpha value is -2.14. The van der Waals surface area contributed by atoms with Crippen LogP contribution in [-0.4, -0.2) is 17.9 Å². The minimum atomic E-state index is -0.570. The summed E-state index contributed by atoms with van der Waals surface area (Å²) in [5, 5.41) is 7.46. The molecule has 0 aliphatic heterocycles. The quantitative estimate of drug-likeness (QED) is 0.891. The fourth-order valence-electron chi connectivity index (χ4n) is 1.90. The van der Waals surface area contributed by atoms with Gasteiger partial charge >= 0.3 is 0 Å². The summed E-state index contributed by atoms with van der Waals surface area (Å²) in [7, 11) is 0. The first-order valence-electron chi connectivity index (χ1n) is 6.78. The molecule has 0 radical (unpaired) electrons. The van der Waals surface area contributed by atoms with Crippen LogP contribution in [0.15, 0.2) is 47.8 Å². The van der Waals surface area contributed by atoms with Crippen LogP contribution in [0, 0.1) is 5.92 Å². The number of hydrogen-bond acceptors (Lipinski definition) is 3. The highest BCUT2D eigenvalue weighted by atomic mass is 32.1. The number of carbonyl (C=O) groups is 2. The van der Waals surface area contributed by atoms with Crippen molar-refractivity contribution >= 4 is 28.8 Å². The number of carbonyl (C=O) groups excluding carboxylic acids is 2. The summed E-state index contributed by atoms with van der Waals surface area (Å²) >= 11 is 1.36. The molecule has 21 heavy (non-hydrogen) atoms. The maximum absolute atomic E-state index is 12.3. The maximum atomic E-state index is 12.3. The van der Waals surface area contributed by atoms with Crippen LogP contribution < -0.4 is 10.6 Å². The number of hydrogen-bond donors (Lipinski definition) is 2. The Balaban J connectivity index is 2.05. The van der Waals surface area contributed by atoms with Crippen LogP contribution in [0.1, 0.15) is 23.5 Å². The summed E-state index contributed by atoms with van der Waals surface area (Å²) in [5.41, 5.74) is 0.721. The molecule has 1 aromatic carbocycles. The summed E-state index contributed by atoms with van der Waals surface area (Å²) in [6.45, 7) is 3.81. The first-order chi connectivity index (χ1) is 10.1. The Kier molecular flexibility index (Phi) is 5.11. The van der Waals surface area contributed by atoms with E-state index in [1.807, 2.05) is 55.6 Å². The third-order valence-electron chi connectivity index (χ3n) is 3.02. The van der Waals surface area contributed by atoms with E-state index < -0.39 is 6.04 Å². The van der Waals surface area contributed by atoms with Gasteiger partial charge in [0.2, 0.25) is 5.91 Å². The fourth-order valence-corrected chi connectivity index (χ4v) is 2.52. The molecule has 1 unspecified atom stereocenters. The molecule has 0 fully saturated rings. The van der Waals surface area contributed by atoms with Crippen LogP contribution in [0.5, 0.6) is 0 Å². The molecule has 0 aliphatic rings. The van der Waals surface area contributed by atoms with Crippen LogP contribution in [0.25, 0.3) is 0 Å². The van der Waals surface area contributed by atoms with Crippen molar-refractivity contribution < 1.29 is 9.59 Å². The van der Waals surface area contributed by atoms with Gasteiger partial charge in [-0.1, -0.05) is 38.1 Å². The van der Waals surface area contributed by atoms with Gasteiger partial charge in [-0.3, -0.25) is 9.59 Å². The summed E-state index contributed by atoms with van der Waals surface area (Å²) < 4.78 is 0. The molecule has 0 saturated carbocycles. The van der Waals surface area contributed by atoms with Crippen molar-refractivity contribution in [1.82, 2.24) is 5.32 Å². The Bertz CT molecular complexity index is 594. The van der Waals surface area contributed by atoms with Crippen LogP contribution in [-0.2, 0) is 4.79 Å². The first kappa shape index (κ1) is 15.3. The molecule has 2 amide bonds. The summed E-state index contributed by atoms with van der Waals surface area (Å²) in [6, 6.07) is 12.2. The van der Waals surface area contributed by atoms with Crippen molar-refractivity contribution in [1.29, 1.82) is 0 Å². The van der Waals surface area contributed by atoms with E-state index in [0.717, 1.165) is 5.69 Å². The molecule has 0 aliphatic carbocycles. The smallest absolute Gasteiger partial charge is 0.262 e. The van der Waals surface area contributed by atoms with Crippen LogP contribution in [0.3, 0.4) is 0 Å². The molecule has 0 spiro atoms.